The van der Waals surface area contributed by atoms with Gasteiger partial charge in [0.15, 0.2) is 6.61 Å². The van der Waals surface area contributed by atoms with Crippen molar-refractivity contribution in [1.29, 1.82) is 0 Å². The molecule has 0 aromatic heterocycles. The maximum Gasteiger partial charge on any atom is 0.340 e. The van der Waals surface area contributed by atoms with Gasteiger partial charge in [0.25, 0.3) is 5.91 Å². The summed E-state index contributed by atoms with van der Waals surface area (Å²) in [5, 5.41) is 14.3. The summed E-state index contributed by atoms with van der Waals surface area (Å²) < 4.78 is 18.5. The van der Waals surface area contributed by atoms with E-state index >= 15 is 0 Å². The fraction of sp³-hybridized carbons (Fsp3) is 0.263. The highest BCUT2D eigenvalue weighted by molar-refractivity contribution is 5.96. The van der Waals surface area contributed by atoms with Crippen LogP contribution in [0.3, 0.4) is 0 Å². The Hall–Kier alpha value is -2.93. The summed E-state index contributed by atoms with van der Waals surface area (Å²) in [7, 11) is 0. The maximum absolute atomic E-state index is 13.5. The fourth-order valence-corrected chi connectivity index (χ4v) is 2.21. The van der Waals surface area contributed by atoms with E-state index in [9.17, 15) is 14.0 Å². The van der Waals surface area contributed by atoms with Crippen LogP contribution in [-0.2, 0) is 16.1 Å². The number of rotatable bonds is 8. The van der Waals surface area contributed by atoms with Crippen LogP contribution in [0.2, 0.25) is 0 Å². The van der Waals surface area contributed by atoms with Crippen molar-refractivity contribution < 1.29 is 23.8 Å². The molecular weight excluding hydrogens is 339 g/mol. The molecule has 0 saturated carbocycles. The first kappa shape index (κ1) is 19.4. The van der Waals surface area contributed by atoms with Crippen LogP contribution in [0.1, 0.15) is 21.5 Å². The van der Waals surface area contributed by atoms with Crippen LogP contribution in [-0.4, -0.2) is 36.7 Å². The number of nitrogens with one attached hydrogen (secondary N) is 2. The van der Waals surface area contributed by atoms with E-state index in [2.05, 4.69) is 10.6 Å². The highest BCUT2D eigenvalue weighted by Crippen LogP contribution is 2.15. The van der Waals surface area contributed by atoms with E-state index in [1.807, 2.05) is 0 Å². The number of benzene rings is 2. The lowest BCUT2D eigenvalue weighted by molar-refractivity contribution is -0.124. The maximum atomic E-state index is 13.5. The molecule has 0 bridgehead atoms. The van der Waals surface area contributed by atoms with Gasteiger partial charge >= 0.3 is 5.97 Å². The lowest BCUT2D eigenvalue weighted by Gasteiger charge is -2.11. The number of halogens is 1. The predicted octanol–water partition coefficient (Wildman–Crippen LogP) is 2.01. The molecule has 0 atom stereocenters. The summed E-state index contributed by atoms with van der Waals surface area (Å²) >= 11 is 0. The first-order chi connectivity index (χ1) is 12.5. The number of hydrogen-bond acceptors (Lipinski definition) is 5. The van der Waals surface area contributed by atoms with Crippen LogP contribution in [0.4, 0.5) is 10.1 Å². The van der Waals surface area contributed by atoms with Gasteiger partial charge in [-0.25, -0.2) is 9.18 Å². The number of esters is 1. The van der Waals surface area contributed by atoms with E-state index in [-0.39, 0.29) is 31.1 Å². The average Bonchev–Trinajstić information content (AvgIpc) is 2.65. The number of carbonyl (C=O) groups excluding carboxylic acids is 2. The van der Waals surface area contributed by atoms with E-state index in [0.717, 1.165) is 0 Å². The molecule has 2 aromatic rings. The number of hydrogen-bond donors (Lipinski definition) is 3. The molecule has 1 amide bonds. The summed E-state index contributed by atoms with van der Waals surface area (Å²) in [6.45, 7) is 1.57. The number of aliphatic hydroxyl groups is 1. The summed E-state index contributed by atoms with van der Waals surface area (Å²) in [6, 6.07) is 11.4. The lowest BCUT2D eigenvalue weighted by atomic mass is 10.1. The van der Waals surface area contributed by atoms with Crippen molar-refractivity contribution in [3.05, 3.63) is 65.0 Å². The summed E-state index contributed by atoms with van der Waals surface area (Å²) in [5.74, 6) is -1.47. The molecule has 0 aliphatic heterocycles. The van der Waals surface area contributed by atoms with Crippen molar-refractivity contribution >= 4 is 17.6 Å². The molecule has 0 aliphatic carbocycles. The van der Waals surface area contributed by atoms with Crippen molar-refractivity contribution in [2.75, 3.05) is 25.1 Å². The second-order valence-corrected chi connectivity index (χ2v) is 5.63. The predicted molar refractivity (Wildman–Crippen MR) is 95.3 cm³/mol. The zero-order valence-electron chi connectivity index (χ0n) is 14.4. The van der Waals surface area contributed by atoms with Crippen LogP contribution >= 0.6 is 0 Å². The van der Waals surface area contributed by atoms with Crippen LogP contribution in [0.15, 0.2) is 42.5 Å². The first-order valence-electron chi connectivity index (χ1n) is 8.14. The van der Waals surface area contributed by atoms with Gasteiger partial charge in [0.05, 0.1) is 12.2 Å². The third kappa shape index (κ3) is 5.56. The topological polar surface area (TPSA) is 87.7 Å². The molecule has 2 aromatic carbocycles. The number of para-hydroxylation sites is 1. The van der Waals surface area contributed by atoms with Crippen LogP contribution in [0.25, 0.3) is 0 Å². The van der Waals surface area contributed by atoms with E-state index in [0.29, 0.717) is 16.8 Å². The number of carbonyl (C=O) groups is 2. The number of ether oxygens (including phenoxy) is 1. The number of aliphatic hydroxyl groups excluding tert-OH is 1. The molecule has 0 saturated heterocycles. The van der Waals surface area contributed by atoms with Gasteiger partial charge in [-0.2, -0.15) is 0 Å². The van der Waals surface area contributed by atoms with Gasteiger partial charge < -0.3 is 20.5 Å². The summed E-state index contributed by atoms with van der Waals surface area (Å²) in [6.07, 6.45) is 0. The second-order valence-electron chi connectivity index (χ2n) is 5.63. The summed E-state index contributed by atoms with van der Waals surface area (Å²) in [4.78, 5) is 24.0. The van der Waals surface area contributed by atoms with Gasteiger partial charge in [0.2, 0.25) is 0 Å². The molecule has 0 spiro atoms. The largest absolute Gasteiger partial charge is 0.452 e. The third-order valence-electron chi connectivity index (χ3n) is 3.63. The molecule has 6 nitrogen and oxygen atoms in total. The van der Waals surface area contributed by atoms with Gasteiger partial charge in [-0.3, -0.25) is 4.79 Å². The van der Waals surface area contributed by atoms with Gasteiger partial charge in [0.1, 0.15) is 5.82 Å². The number of anilines is 1. The Kier molecular flexibility index (Phi) is 7.11. The molecule has 0 aliphatic rings. The highest BCUT2D eigenvalue weighted by Gasteiger charge is 2.14. The minimum absolute atomic E-state index is 0.0780. The number of amides is 1. The number of aryl methyl sites for hydroxylation is 1. The van der Waals surface area contributed by atoms with Crippen LogP contribution in [0, 0.1) is 12.7 Å². The summed E-state index contributed by atoms with van der Waals surface area (Å²) in [5.41, 5.74) is 1.94. The van der Waals surface area contributed by atoms with Gasteiger partial charge in [0, 0.05) is 18.8 Å². The van der Waals surface area contributed by atoms with Gasteiger partial charge in [-0.05, 0) is 36.2 Å². The Labute approximate surface area is 151 Å². The fourth-order valence-electron chi connectivity index (χ4n) is 2.21. The molecular formula is C19H21FN2O4. The Balaban J connectivity index is 1.85. The lowest BCUT2D eigenvalue weighted by Crippen LogP contribution is -2.28. The van der Waals surface area contributed by atoms with Crippen molar-refractivity contribution in [3.63, 3.8) is 0 Å². The van der Waals surface area contributed by atoms with Crippen LogP contribution in [0.5, 0.6) is 0 Å². The SMILES string of the molecule is Cc1ccc(CNC(=O)COC(=O)c2ccccc2NCCO)cc1F. The van der Waals surface area contributed by atoms with E-state index < -0.39 is 18.5 Å². The van der Waals surface area contributed by atoms with E-state index in [4.69, 9.17) is 9.84 Å². The molecule has 2 rings (SSSR count). The Morgan fingerprint density at radius 1 is 1.19 bits per heavy atom. The van der Waals surface area contributed by atoms with Crippen LogP contribution < -0.4 is 10.6 Å². The Morgan fingerprint density at radius 2 is 1.96 bits per heavy atom. The van der Waals surface area contributed by atoms with Crippen molar-refractivity contribution in [1.82, 2.24) is 5.32 Å². The minimum Gasteiger partial charge on any atom is -0.452 e. The molecule has 0 heterocycles. The first-order valence-corrected chi connectivity index (χ1v) is 8.14. The zero-order chi connectivity index (χ0) is 18.9. The molecule has 0 radical (unpaired) electrons. The van der Waals surface area contributed by atoms with Crippen molar-refractivity contribution in [2.45, 2.75) is 13.5 Å². The molecule has 3 N–H and O–H groups in total. The quantitative estimate of drug-likeness (QED) is 0.627. The monoisotopic (exact) mass is 360 g/mol. The molecule has 26 heavy (non-hydrogen) atoms. The second kappa shape index (κ2) is 9.53. The molecule has 0 fully saturated rings. The minimum atomic E-state index is -0.650. The van der Waals surface area contributed by atoms with Crippen molar-refractivity contribution in [3.8, 4) is 0 Å². The van der Waals surface area contributed by atoms with E-state index in [1.54, 1.807) is 43.3 Å². The molecule has 138 valence electrons. The molecule has 0 unspecified atom stereocenters. The van der Waals surface area contributed by atoms with Crippen molar-refractivity contribution in [2.24, 2.45) is 0 Å². The normalized spacial score (nSPS) is 10.3. The third-order valence-corrected chi connectivity index (χ3v) is 3.63. The highest BCUT2D eigenvalue weighted by atomic mass is 19.1. The smallest absolute Gasteiger partial charge is 0.340 e. The average molecular weight is 360 g/mol. The Morgan fingerprint density at radius 3 is 2.69 bits per heavy atom. The zero-order valence-corrected chi connectivity index (χ0v) is 14.4. The molecule has 7 heteroatoms. The Bertz CT molecular complexity index is 780. The van der Waals surface area contributed by atoms with Gasteiger partial charge in [-0.15, -0.1) is 0 Å². The standard InChI is InChI=1S/C19H21FN2O4/c1-13-6-7-14(10-16(13)20)11-22-18(24)12-26-19(25)15-4-2-3-5-17(15)21-8-9-23/h2-7,10,21,23H,8-9,11-12H2,1H3,(H,22,24). The van der Waals surface area contributed by atoms with E-state index in [1.165, 1.54) is 6.07 Å². The van der Waals surface area contributed by atoms with Gasteiger partial charge in [-0.1, -0.05) is 24.3 Å².